The normalized spacial score (nSPS) is 15.1. The van der Waals surface area contributed by atoms with Gasteiger partial charge in [-0.2, -0.15) is 26.3 Å². The number of aromatic amines is 2. The first-order valence-electron chi connectivity index (χ1n) is 20.5. The van der Waals surface area contributed by atoms with E-state index in [2.05, 4.69) is 19.8 Å². The number of fused-ring (bicyclic) bond motifs is 2. The van der Waals surface area contributed by atoms with Crippen molar-refractivity contribution in [2.75, 3.05) is 75.2 Å². The van der Waals surface area contributed by atoms with Crippen LogP contribution in [0.1, 0.15) is 24.0 Å². The monoisotopic (exact) mass is 898 g/mol. The van der Waals surface area contributed by atoms with E-state index in [1.165, 1.54) is 24.3 Å². The molecular weight excluding hydrogens is 851 g/mol. The number of alkyl halides is 6. The molecule has 2 fully saturated rings. The minimum absolute atomic E-state index is 0.121. The van der Waals surface area contributed by atoms with Gasteiger partial charge in [-0.3, -0.25) is 28.5 Å². The fourth-order valence-corrected chi connectivity index (χ4v) is 7.57. The van der Waals surface area contributed by atoms with Gasteiger partial charge in [-0.25, -0.2) is 9.59 Å². The molecule has 0 unspecified atom stereocenters. The van der Waals surface area contributed by atoms with E-state index in [-0.39, 0.29) is 24.2 Å². The molecule has 20 heteroatoms. The Labute approximate surface area is 362 Å². The number of rotatable bonds is 11. The molecule has 0 radical (unpaired) electrons. The standard InChI is InChI=1S/2C20H21F3N4O.C4H6O4/c2*21-20(22,23)15-4-3-5-16(14-15)26-11-8-25(9-12-26)10-13-27-18-7-2-1-6-17(18)24-19(27)28;5-3(6)1-2-4(7)8/h2*1-7,14H,8-13H2,(H,24,28);1-2H2,(H,5,6)(H,7,8). The highest BCUT2D eigenvalue weighted by atomic mass is 19.4. The highest BCUT2D eigenvalue weighted by molar-refractivity contribution is 5.76. The Morgan fingerprint density at radius 3 is 1.20 bits per heavy atom. The quantitative estimate of drug-likeness (QED) is 0.109. The molecule has 2 aliphatic rings. The molecule has 4 N–H and O–H groups in total. The second-order valence-corrected chi connectivity index (χ2v) is 15.2. The Hall–Kier alpha value is -6.54. The summed E-state index contributed by atoms with van der Waals surface area (Å²) in [5.41, 5.74) is 3.13. The lowest BCUT2D eigenvalue weighted by atomic mass is 10.1. The number of nitrogens with one attached hydrogen (secondary N) is 2. The van der Waals surface area contributed by atoms with Gasteiger partial charge in [0.25, 0.3) is 0 Å². The Bertz CT molecular complexity index is 2440. The number of carbonyl (C=O) groups is 2. The molecule has 0 aliphatic carbocycles. The molecule has 2 saturated heterocycles. The van der Waals surface area contributed by atoms with E-state index in [1.807, 2.05) is 58.3 Å². The molecule has 4 aromatic carbocycles. The van der Waals surface area contributed by atoms with Crippen LogP contribution < -0.4 is 21.2 Å². The lowest BCUT2D eigenvalue weighted by Crippen LogP contribution is -2.47. The van der Waals surface area contributed by atoms with Crippen molar-refractivity contribution in [2.24, 2.45) is 0 Å². The number of benzene rings is 4. The molecule has 0 spiro atoms. The van der Waals surface area contributed by atoms with Crippen LogP contribution in [0, 0.1) is 0 Å². The van der Waals surface area contributed by atoms with Crippen molar-refractivity contribution in [3.05, 3.63) is 129 Å². The van der Waals surface area contributed by atoms with E-state index >= 15 is 0 Å². The summed E-state index contributed by atoms with van der Waals surface area (Å²) in [4.78, 5) is 57.7. The van der Waals surface area contributed by atoms with Gasteiger partial charge in [0.1, 0.15) is 0 Å². The van der Waals surface area contributed by atoms with Gasteiger partial charge in [0.05, 0.1) is 46.0 Å². The average Bonchev–Trinajstić information content (AvgIpc) is 3.78. The van der Waals surface area contributed by atoms with E-state index < -0.39 is 35.4 Å². The molecule has 342 valence electrons. The highest BCUT2D eigenvalue weighted by Gasteiger charge is 2.32. The number of halogens is 6. The van der Waals surface area contributed by atoms with Crippen molar-refractivity contribution in [3.8, 4) is 0 Å². The smallest absolute Gasteiger partial charge is 0.416 e. The topological polar surface area (TPSA) is 163 Å². The Balaban J connectivity index is 0.000000182. The molecule has 8 rings (SSSR count). The maximum atomic E-state index is 12.9. The number of aliphatic carboxylic acids is 2. The van der Waals surface area contributed by atoms with Crippen LogP contribution in [0.25, 0.3) is 22.1 Å². The van der Waals surface area contributed by atoms with Crippen LogP contribution in [-0.2, 0) is 35.0 Å². The minimum Gasteiger partial charge on any atom is -0.481 e. The molecule has 14 nitrogen and oxygen atoms in total. The van der Waals surface area contributed by atoms with Crippen LogP contribution in [0.4, 0.5) is 37.7 Å². The number of hydrogen-bond donors (Lipinski definition) is 4. The molecule has 0 amide bonds. The number of hydrogen-bond acceptors (Lipinski definition) is 8. The van der Waals surface area contributed by atoms with Crippen molar-refractivity contribution in [3.63, 3.8) is 0 Å². The minimum atomic E-state index is -4.33. The molecule has 4 heterocycles. The molecule has 2 aromatic heterocycles. The zero-order chi connectivity index (χ0) is 46.0. The Morgan fingerprint density at radius 1 is 0.500 bits per heavy atom. The van der Waals surface area contributed by atoms with E-state index in [9.17, 15) is 45.5 Å². The van der Waals surface area contributed by atoms with Crippen LogP contribution >= 0.6 is 0 Å². The third-order valence-electron chi connectivity index (χ3n) is 11.0. The van der Waals surface area contributed by atoms with Crippen LogP contribution in [0.5, 0.6) is 0 Å². The summed E-state index contributed by atoms with van der Waals surface area (Å²) in [5.74, 6) is -2.15. The zero-order valence-corrected chi connectivity index (χ0v) is 34.6. The molecule has 2 aliphatic heterocycles. The summed E-state index contributed by atoms with van der Waals surface area (Å²) in [6.07, 6.45) is -9.25. The summed E-state index contributed by atoms with van der Waals surface area (Å²) in [7, 11) is 0. The predicted molar refractivity (Wildman–Crippen MR) is 230 cm³/mol. The second-order valence-electron chi connectivity index (χ2n) is 15.2. The van der Waals surface area contributed by atoms with Gasteiger partial charge < -0.3 is 30.0 Å². The van der Waals surface area contributed by atoms with Crippen LogP contribution in [0.3, 0.4) is 0 Å². The van der Waals surface area contributed by atoms with Gasteiger partial charge in [0, 0.05) is 89.9 Å². The van der Waals surface area contributed by atoms with Crippen molar-refractivity contribution in [2.45, 2.75) is 38.3 Å². The Kier molecular flexibility index (Phi) is 15.2. The largest absolute Gasteiger partial charge is 0.481 e. The van der Waals surface area contributed by atoms with Gasteiger partial charge >= 0.3 is 35.7 Å². The predicted octanol–water partition coefficient (Wildman–Crippen LogP) is 6.28. The molecule has 64 heavy (non-hydrogen) atoms. The summed E-state index contributed by atoms with van der Waals surface area (Å²) < 4.78 is 81.0. The lowest BCUT2D eigenvalue weighted by molar-refractivity contribution is -0.143. The fraction of sp³-hybridized carbons (Fsp3) is 0.364. The second kappa shape index (κ2) is 20.8. The first-order chi connectivity index (χ1) is 30.5. The average molecular weight is 899 g/mol. The number of imidazole rings is 2. The number of carboxylic acid groups (broad SMARTS) is 2. The van der Waals surface area contributed by atoms with E-state index in [4.69, 9.17) is 10.2 Å². The number of para-hydroxylation sites is 4. The van der Waals surface area contributed by atoms with Gasteiger partial charge in [0.15, 0.2) is 0 Å². The maximum Gasteiger partial charge on any atom is 0.416 e. The van der Waals surface area contributed by atoms with Crippen LogP contribution in [0.15, 0.2) is 107 Å². The van der Waals surface area contributed by atoms with E-state index in [0.717, 1.165) is 73.5 Å². The number of H-pyrrole nitrogens is 2. The number of carboxylic acids is 2. The van der Waals surface area contributed by atoms with E-state index in [1.54, 1.807) is 21.3 Å². The highest BCUT2D eigenvalue weighted by Crippen LogP contribution is 2.33. The van der Waals surface area contributed by atoms with Crippen LogP contribution in [-0.4, -0.2) is 117 Å². The third kappa shape index (κ3) is 12.6. The molecule has 0 atom stereocenters. The zero-order valence-electron chi connectivity index (χ0n) is 34.6. The Morgan fingerprint density at radius 2 is 0.859 bits per heavy atom. The molecule has 0 saturated carbocycles. The number of nitrogens with zero attached hydrogens (tertiary/aromatic N) is 6. The maximum absolute atomic E-state index is 12.9. The molecular formula is C44H48F6N8O6. The lowest BCUT2D eigenvalue weighted by Gasteiger charge is -2.36. The van der Waals surface area contributed by atoms with Crippen molar-refractivity contribution >= 4 is 45.4 Å². The molecule has 6 aromatic rings. The van der Waals surface area contributed by atoms with Gasteiger partial charge in [-0.05, 0) is 60.7 Å². The SMILES string of the molecule is O=C(O)CCC(=O)O.O=c1[nH]c2ccccc2n1CCN1CCN(c2cccc(C(F)(F)F)c2)CC1.O=c1[nH]c2ccccc2n1CCN1CCN(c2cccc(C(F)(F)F)c2)CC1. The first kappa shape index (κ1) is 47.0. The summed E-state index contributed by atoms with van der Waals surface area (Å²) in [6, 6.07) is 26.1. The van der Waals surface area contributed by atoms with Crippen molar-refractivity contribution in [1.29, 1.82) is 0 Å². The van der Waals surface area contributed by atoms with Gasteiger partial charge in [-0.1, -0.05) is 36.4 Å². The third-order valence-corrected chi connectivity index (χ3v) is 11.0. The van der Waals surface area contributed by atoms with Crippen molar-refractivity contribution < 1.29 is 46.1 Å². The number of piperazine rings is 2. The first-order valence-corrected chi connectivity index (χ1v) is 20.5. The summed E-state index contributed by atoms with van der Waals surface area (Å²) >= 11 is 0. The van der Waals surface area contributed by atoms with Crippen molar-refractivity contribution in [1.82, 2.24) is 28.9 Å². The number of aromatic nitrogens is 4. The number of anilines is 2. The fourth-order valence-electron chi connectivity index (χ4n) is 7.57. The van der Waals surface area contributed by atoms with Gasteiger partial charge in [-0.15, -0.1) is 0 Å². The summed E-state index contributed by atoms with van der Waals surface area (Å²) in [6.45, 7) is 8.19. The summed E-state index contributed by atoms with van der Waals surface area (Å²) in [5, 5.41) is 15.8. The van der Waals surface area contributed by atoms with Gasteiger partial charge in [0.2, 0.25) is 0 Å². The van der Waals surface area contributed by atoms with Crippen LogP contribution in [0.2, 0.25) is 0 Å². The molecule has 0 bridgehead atoms. The van der Waals surface area contributed by atoms with E-state index in [0.29, 0.717) is 50.6 Å².